The molecule has 0 spiro atoms. The lowest BCUT2D eigenvalue weighted by molar-refractivity contribution is -0.378. The Kier molecular flexibility index (Phi) is 6.13. The SMILES string of the molecule is CC(C)Oc1ccc(/C([O-])=C2\C(=O)C(=O)N(Cc3ccc[nH+]c3)C2c2cccc(O)c2)cc1. The van der Waals surface area contributed by atoms with Gasteiger partial charge in [-0.3, -0.25) is 9.59 Å². The first-order valence-electron chi connectivity index (χ1n) is 10.6. The number of phenols is 1. The summed E-state index contributed by atoms with van der Waals surface area (Å²) >= 11 is 0. The Bertz CT molecular complexity index is 1200. The number of aromatic hydroxyl groups is 1. The summed E-state index contributed by atoms with van der Waals surface area (Å²) < 4.78 is 5.62. The van der Waals surface area contributed by atoms with Crippen LogP contribution in [0.25, 0.3) is 5.76 Å². The summed E-state index contributed by atoms with van der Waals surface area (Å²) in [6, 6.07) is 15.4. The van der Waals surface area contributed by atoms with Gasteiger partial charge in [0.05, 0.1) is 18.7 Å². The minimum atomic E-state index is -0.920. The van der Waals surface area contributed by atoms with Crippen molar-refractivity contribution < 1.29 is 29.5 Å². The van der Waals surface area contributed by atoms with Gasteiger partial charge in [0, 0.05) is 17.2 Å². The van der Waals surface area contributed by atoms with E-state index in [1.165, 1.54) is 17.0 Å². The molecule has 2 aromatic carbocycles. The van der Waals surface area contributed by atoms with E-state index in [2.05, 4.69) is 4.98 Å². The van der Waals surface area contributed by atoms with Crippen LogP contribution in [0.15, 0.2) is 78.6 Å². The van der Waals surface area contributed by atoms with Crippen molar-refractivity contribution in [2.75, 3.05) is 0 Å². The predicted octanol–water partition coefficient (Wildman–Crippen LogP) is 2.42. The molecule has 33 heavy (non-hydrogen) atoms. The minimum Gasteiger partial charge on any atom is -0.872 e. The highest BCUT2D eigenvalue weighted by molar-refractivity contribution is 6.46. The molecule has 3 aromatic rings. The standard InChI is InChI=1S/C26H24N2O5/c1-16(2)33-21-10-8-18(9-11-21)24(30)22-23(19-6-3-7-20(29)13-19)28(26(32)25(22)31)15-17-5-4-12-27-14-17/h3-14,16,23,29-30H,15H2,1-2H3/b24-22+. The number of aromatic amines is 1. The van der Waals surface area contributed by atoms with Crippen LogP contribution >= 0.6 is 0 Å². The van der Waals surface area contributed by atoms with Gasteiger partial charge < -0.3 is 19.8 Å². The Labute approximate surface area is 191 Å². The largest absolute Gasteiger partial charge is 0.872 e. The first-order valence-corrected chi connectivity index (χ1v) is 10.6. The fourth-order valence-electron chi connectivity index (χ4n) is 3.91. The minimum absolute atomic E-state index is 0.0192. The van der Waals surface area contributed by atoms with Gasteiger partial charge in [0.15, 0.2) is 12.4 Å². The average molecular weight is 444 g/mol. The van der Waals surface area contributed by atoms with E-state index >= 15 is 0 Å². The summed E-state index contributed by atoms with van der Waals surface area (Å²) in [5, 5.41) is 23.5. The van der Waals surface area contributed by atoms with Crippen molar-refractivity contribution in [3.63, 3.8) is 0 Å². The van der Waals surface area contributed by atoms with E-state index in [1.54, 1.807) is 54.9 Å². The second kappa shape index (κ2) is 9.16. The normalized spacial score (nSPS) is 17.5. The Morgan fingerprint density at radius 1 is 1.12 bits per heavy atom. The molecular weight excluding hydrogens is 420 g/mol. The molecule has 7 heteroatoms. The van der Waals surface area contributed by atoms with Crippen LogP contribution in [0.4, 0.5) is 0 Å². The summed E-state index contributed by atoms with van der Waals surface area (Å²) in [5.74, 6) is -1.54. The summed E-state index contributed by atoms with van der Waals surface area (Å²) in [5.41, 5.74) is 1.40. The summed E-state index contributed by atoms with van der Waals surface area (Å²) in [6.07, 6.45) is 3.44. The van der Waals surface area contributed by atoms with Gasteiger partial charge in [-0.05, 0) is 55.3 Å². The lowest BCUT2D eigenvalue weighted by Crippen LogP contribution is -2.29. The van der Waals surface area contributed by atoms with Crippen molar-refractivity contribution in [1.82, 2.24) is 4.90 Å². The fourth-order valence-corrected chi connectivity index (χ4v) is 3.91. The topological polar surface area (TPSA) is 104 Å². The molecule has 0 saturated carbocycles. The number of carbonyl (C=O) groups is 2. The van der Waals surface area contributed by atoms with Crippen molar-refractivity contribution in [3.05, 3.63) is 95.3 Å². The number of likely N-dealkylation sites (tertiary alicyclic amines) is 1. The van der Waals surface area contributed by atoms with Crippen molar-refractivity contribution >= 4 is 17.4 Å². The van der Waals surface area contributed by atoms with Gasteiger partial charge in [0.2, 0.25) is 5.78 Å². The molecule has 7 nitrogen and oxygen atoms in total. The predicted molar refractivity (Wildman–Crippen MR) is 119 cm³/mol. The van der Waals surface area contributed by atoms with Gasteiger partial charge in [-0.15, -0.1) is 0 Å². The van der Waals surface area contributed by atoms with Crippen LogP contribution < -0.4 is 14.8 Å². The number of amides is 1. The van der Waals surface area contributed by atoms with Crippen LogP contribution in [0, 0.1) is 0 Å². The highest BCUT2D eigenvalue weighted by Crippen LogP contribution is 2.40. The van der Waals surface area contributed by atoms with E-state index in [0.29, 0.717) is 11.3 Å². The third kappa shape index (κ3) is 4.57. The highest BCUT2D eigenvalue weighted by Gasteiger charge is 2.44. The van der Waals surface area contributed by atoms with Gasteiger partial charge in [-0.1, -0.05) is 30.0 Å². The molecule has 1 saturated heterocycles. The smallest absolute Gasteiger partial charge is 0.295 e. The summed E-state index contributed by atoms with van der Waals surface area (Å²) in [6.45, 7) is 3.92. The zero-order valence-corrected chi connectivity index (χ0v) is 18.3. The third-order valence-corrected chi connectivity index (χ3v) is 5.33. The molecule has 2 heterocycles. The Morgan fingerprint density at radius 2 is 1.88 bits per heavy atom. The number of ether oxygens (including phenoxy) is 1. The summed E-state index contributed by atoms with van der Waals surface area (Å²) in [7, 11) is 0. The number of pyridine rings is 1. The Balaban J connectivity index is 1.80. The maximum Gasteiger partial charge on any atom is 0.295 e. The Hall–Kier alpha value is -4.13. The van der Waals surface area contributed by atoms with Crippen LogP contribution in [-0.4, -0.2) is 27.8 Å². The monoisotopic (exact) mass is 444 g/mol. The number of hydrogen-bond acceptors (Lipinski definition) is 5. The molecule has 0 aliphatic carbocycles. The molecule has 1 aromatic heterocycles. The number of phenolic OH excluding ortho intramolecular Hbond substituents is 1. The average Bonchev–Trinajstić information content (AvgIpc) is 3.04. The molecule has 168 valence electrons. The molecule has 1 aliphatic heterocycles. The van der Waals surface area contributed by atoms with Crippen LogP contribution in [0.2, 0.25) is 0 Å². The molecular formula is C26H24N2O5. The number of Topliss-reactive ketones (excluding diaryl/α,β-unsaturated/α-hetero) is 1. The highest BCUT2D eigenvalue weighted by atomic mass is 16.5. The lowest BCUT2D eigenvalue weighted by Gasteiger charge is -2.27. The van der Waals surface area contributed by atoms with Crippen molar-refractivity contribution in [2.45, 2.75) is 32.5 Å². The fraction of sp³-hybridized carbons (Fsp3) is 0.192. The number of ketones is 1. The van der Waals surface area contributed by atoms with Crippen LogP contribution in [0.3, 0.4) is 0 Å². The van der Waals surface area contributed by atoms with Gasteiger partial charge in [-0.2, -0.15) is 0 Å². The molecule has 1 unspecified atom stereocenters. The van der Waals surface area contributed by atoms with E-state index in [9.17, 15) is 19.8 Å². The first-order chi connectivity index (χ1) is 15.8. The van der Waals surface area contributed by atoms with Crippen LogP contribution in [-0.2, 0) is 16.1 Å². The molecule has 1 amide bonds. The van der Waals surface area contributed by atoms with Crippen molar-refractivity contribution in [3.8, 4) is 11.5 Å². The second-order valence-electron chi connectivity index (χ2n) is 8.11. The van der Waals surface area contributed by atoms with Gasteiger partial charge in [0.1, 0.15) is 11.5 Å². The summed E-state index contributed by atoms with van der Waals surface area (Å²) in [4.78, 5) is 30.4. The van der Waals surface area contributed by atoms with Crippen LogP contribution in [0.5, 0.6) is 11.5 Å². The third-order valence-electron chi connectivity index (χ3n) is 5.33. The van der Waals surface area contributed by atoms with Crippen molar-refractivity contribution in [2.24, 2.45) is 0 Å². The maximum absolute atomic E-state index is 13.5. The second-order valence-corrected chi connectivity index (χ2v) is 8.11. The molecule has 1 aliphatic rings. The number of carbonyl (C=O) groups excluding carboxylic acids is 2. The maximum atomic E-state index is 13.5. The van der Waals surface area contributed by atoms with E-state index in [4.69, 9.17) is 4.74 Å². The number of H-pyrrole nitrogens is 1. The number of rotatable bonds is 6. The number of aromatic nitrogens is 1. The molecule has 1 atom stereocenters. The van der Waals surface area contributed by atoms with E-state index in [-0.39, 0.29) is 29.5 Å². The first kappa shape index (κ1) is 22.1. The van der Waals surface area contributed by atoms with Gasteiger partial charge in [0.25, 0.3) is 5.91 Å². The quantitative estimate of drug-likeness (QED) is 0.357. The zero-order valence-electron chi connectivity index (χ0n) is 18.3. The number of nitrogens with zero attached hydrogens (tertiary/aromatic N) is 1. The van der Waals surface area contributed by atoms with Crippen LogP contribution in [0.1, 0.15) is 36.6 Å². The number of benzene rings is 2. The molecule has 1 fully saturated rings. The van der Waals surface area contributed by atoms with E-state index < -0.39 is 23.5 Å². The zero-order chi connectivity index (χ0) is 23.5. The van der Waals surface area contributed by atoms with E-state index in [1.807, 2.05) is 19.9 Å². The Morgan fingerprint density at radius 3 is 2.52 bits per heavy atom. The van der Waals surface area contributed by atoms with Gasteiger partial charge >= 0.3 is 0 Å². The van der Waals surface area contributed by atoms with E-state index in [0.717, 1.165) is 5.56 Å². The number of hydrogen-bond donors (Lipinski definition) is 1. The molecule has 0 radical (unpaired) electrons. The molecule has 4 rings (SSSR count). The van der Waals surface area contributed by atoms with Gasteiger partial charge in [-0.25, -0.2) is 4.98 Å². The lowest BCUT2D eigenvalue weighted by atomic mass is 9.95. The van der Waals surface area contributed by atoms with Crippen molar-refractivity contribution in [1.29, 1.82) is 0 Å². The molecule has 0 bridgehead atoms. The molecule has 2 N–H and O–H groups in total. The number of nitrogens with one attached hydrogen (secondary N) is 1.